The van der Waals surface area contributed by atoms with E-state index in [0.717, 1.165) is 51.7 Å². The molecular formula is C21H34NO3+. The lowest BCUT2D eigenvalue weighted by Gasteiger charge is -2.36. The van der Waals surface area contributed by atoms with Gasteiger partial charge in [-0.25, -0.2) is 4.79 Å². The number of carbonyl (C=O) groups is 1. The van der Waals surface area contributed by atoms with Crippen LogP contribution < -0.4 is 4.90 Å². The minimum atomic E-state index is -1.51. The normalized spacial score (nSPS) is 18.1. The maximum atomic E-state index is 12.9. The second-order valence-electron chi connectivity index (χ2n) is 7.16. The monoisotopic (exact) mass is 348 g/mol. The summed E-state index contributed by atoms with van der Waals surface area (Å²) in [6, 6.07) is 9.34. The van der Waals surface area contributed by atoms with Crippen LogP contribution in [0.25, 0.3) is 0 Å². The molecule has 1 aliphatic carbocycles. The molecule has 0 saturated heterocycles. The molecular weight excluding hydrogens is 314 g/mol. The molecule has 25 heavy (non-hydrogen) atoms. The lowest BCUT2D eigenvalue weighted by atomic mass is 9.73. The lowest BCUT2D eigenvalue weighted by molar-refractivity contribution is -0.896. The average Bonchev–Trinajstić information content (AvgIpc) is 2.68. The summed E-state index contributed by atoms with van der Waals surface area (Å²) in [5.41, 5.74) is -0.842. The van der Waals surface area contributed by atoms with Crippen molar-refractivity contribution in [3.63, 3.8) is 0 Å². The van der Waals surface area contributed by atoms with Crippen LogP contribution in [0.1, 0.15) is 57.9 Å². The first-order chi connectivity index (χ1) is 12.1. The van der Waals surface area contributed by atoms with Crippen molar-refractivity contribution in [2.45, 2.75) is 58.0 Å². The zero-order valence-electron chi connectivity index (χ0n) is 15.8. The highest BCUT2D eigenvalue weighted by Gasteiger charge is 2.47. The predicted molar refractivity (Wildman–Crippen MR) is 99.4 cm³/mol. The second kappa shape index (κ2) is 9.93. The Balaban J connectivity index is 2.03. The van der Waals surface area contributed by atoms with Gasteiger partial charge in [0.15, 0.2) is 5.60 Å². The first-order valence-electron chi connectivity index (χ1n) is 9.91. The van der Waals surface area contributed by atoms with Gasteiger partial charge in [0.2, 0.25) is 0 Å². The van der Waals surface area contributed by atoms with Gasteiger partial charge >= 0.3 is 5.97 Å². The molecule has 0 radical (unpaired) electrons. The first kappa shape index (κ1) is 19.9. The third-order valence-electron chi connectivity index (χ3n) is 5.63. The van der Waals surface area contributed by atoms with Crippen LogP contribution in [-0.2, 0) is 15.1 Å². The summed E-state index contributed by atoms with van der Waals surface area (Å²) in [5.74, 6) is -0.523. The van der Waals surface area contributed by atoms with Gasteiger partial charge in [-0.2, -0.15) is 0 Å². The molecule has 0 aliphatic heterocycles. The summed E-state index contributed by atoms with van der Waals surface area (Å²) in [7, 11) is 0. The van der Waals surface area contributed by atoms with Crippen molar-refractivity contribution >= 4 is 5.97 Å². The Bertz CT molecular complexity index is 509. The largest absolute Gasteiger partial charge is 0.463 e. The van der Waals surface area contributed by atoms with Gasteiger partial charge in [-0.3, -0.25) is 0 Å². The zero-order valence-corrected chi connectivity index (χ0v) is 15.8. The van der Waals surface area contributed by atoms with E-state index in [0.29, 0.717) is 12.2 Å². The summed E-state index contributed by atoms with van der Waals surface area (Å²) >= 11 is 0. The van der Waals surface area contributed by atoms with Crippen molar-refractivity contribution in [1.82, 2.24) is 0 Å². The Morgan fingerprint density at radius 1 is 1.16 bits per heavy atom. The number of rotatable bonds is 9. The number of benzene rings is 1. The molecule has 1 aromatic carbocycles. The maximum Gasteiger partial charge on any atom is 0.343 e. The fourth-order valence-electron chi connectivity index (χ4n) is 3.93. The smallest absolute Gasteiger partial charge is 0.343 e. The van der Waals surface area contributed by atoms with Gasteiger partial charge in [0.1, 0.15) is 0 Å². The number of aliphatic hydroxyl groups is 1. The van der Waals surface area contributed by atoms with Crippen LogP contribution in [0.15, 0.2) is 30.3 Å². The average molecular weight is 349 g/mol. The van der Waals surface area contributed by atoms with Gasteiger partial charge in [-0.05, 0) is 32.3 Å². The Hall–Kier alpha value is -1.39. The summed E-state index contributed by atoms with van der Waals surface area (Å²) in [6.07, 6.45) is 5.91. The van der Waals surface area contributed by atoms with Gasteiger partial charge in [-0.1, -0.05) is 49.6 Å². The van der Waals surface area contributed by atoms with E-state index in [9.17, 15) is 9.90 Å². The molecule has 1 aliphatic rings. The predicted octanol–water partition coefficient (Wildman–Crippen LogP) is 2.31. The van der Waals surface area contributed by atoms with Crippen LogP contribution in [-0.4, -0.2) is 37.3 Å². The Kier molecular flexibility index (Phi) is 7.91. The number of nitrogens with one attached hydrogen (secondary N) is 1. The molecule has 0 aromatic heterocycles. The third kappa shape index (κ3) is 5.05. The fraction of sp³-hybridized carbons (Fsp3) is 0.667. The topological polar surface area (TPSA) is 51.0 Å². The first-order valence-corrected chi connectivity index (χ1v) is 9.91. The Morgan fingerprint density at radius 2 is 1.80 bits per heavy atom. The summed E-state index contributed by atoms with van der Waals surface area (Å²) in [5, 5.41) is 11.4. The number of hydrogen-bond donors (Lipinski definition) is 2. The van der Waals surface area contributed by atoms with E-state index < -0.39 is 11.6 Å². The van der Waals surface area contributed by atoms with Gasteiger partial charge in [0.25, 0.3) is 0 Å². The van der Waals surface area contributed by atoms with Crippen LogP contribution in [0, 0.1) is 5.92 Å². The van der Waals surface area contributed by atoms with Crippen molar-refractivity contribution in [2.75, 3.05) is 26.2 Å². The second-order valence-corrected chi connectivity index (χ2v) is 7.16. The van der Waals surface area contributed by atoms with Crippen molar-refractivity contribution in [1.29, 1.82) is 0 Å². The molecule has 0 amide bonds. The molecule has 4 heteroatoms. The quantitative estimate of drug-likeness (QED) is 0.532. The van der Waals surface area contributed by atoms with Gasteiger partial charge in [0.05, 0.1) is 26.2 Å². The maximum absolute atomic E-state index is 12.9. The fourth-order valence-corrected chi connectivity index (χ4v) is 3.93. The summed E-state index contributed by atoms with van der Waals surface area (Å²) in [6.45, 7) is 7.88. The molecule has 1 saturated carbocycles. The number of ether oxygens (including phenoxy) is 1. The molecule has 1 atom stereocenters. The number of hydrogen-bond acceptors (Lipinski definition) is 3. The molecule has 0 heterocycles. The van der Waals surface area contributed by atoms with Crippen molar-refractivity contribution < 1.29 is 19.5 Å². The molecule has 2 rings (SSSR count). The highest BCUT2D eigenvalue weighted by Crippen LogP contribution is 2.40. The Morgan fingerprint density at radius 3 is 2.40 bits per heavy atom. The van der Waals surface area contributed by atoms with Crippen molar-refractivity contribution in [3.8, 4) is 0 Å². The summed E-state index contributed by atoms with van der Waals surface area (Å²) < 4.78 is 5.55. The van der Waals surface area contributed by atoms with E-state index in [1.807, 2.05) is 30.3 Å². The van der Waals surface area contributed by atoms with Gasteiger partial charge < -0.3 is 14.7 Å². The van der Waals surface area contributed by atoms with Crippen molar-refractivity contribution in [2.24, 2.45) is 5.92 Å². The third-order valence-corrected chi connectivity index (χ3v) is 5.63. The molecule has 1 fully saturated rings. The zero-order chi connectivity index (χ0) is 18.1. The van der Waals surface area contributed by atoms with Crippen LogP contribution in [0.4, 0.5) is 0 Å². The highest BCUT2D eigenvalue weighted by molar-refractivity contribution is 5.81. The molecule has 1 aromatic rings. The van der Waals surface area contributed by atoms with E-state index in [1.54, 1.807) is 0 Å². The molecule has 140 valence electrons. The van der Waals surface area contributed by atoms with Gasteiger partial charge in [0, 0.05) is 12.3 Å². The van der Waals surface area contributed by atoms with E-state index in [4.69, 9.17) is 4.74 Å². The molecule has 0 unspecified atom stereocenters. The van der Waals surface area contributed by atoms with Crippen LogP contribution >= 0.6 is 0 Å². The highest BCUT2D eigenvalue weighted by atomic mass is 16.5. The van der Waals surface area contributed by atoms with Crippen molar-refractivity contribution in [3.05, 3.63) is 35.9 Å². The number of esters is 1. The van der Waals surface area contributed by atoms with E-state index >= 15 is 0 Å². The molecule has 4 nitrogen and oxygen atoms in total. The number of quaternary nitrogens is 1. The standard InChI is InChI=1S/C21H33NO3/c1-3-22(4-2)16-11-17-25-20(23)21(24,18-12-7-5-8-13-18)19-14-9-6-10-15-19/h5,7-8,12-13,19,24H,3-4,6,9-11,14-17H2,1-2H3/p+1/t21-/m1/s1. The molecule has 0 spiro atoms. The summed E-state index contributed by atoms with van der Waals surface area (Å²) in [4.78, 5) is 14.4. The van der Waals surface area contributed by atoms with Gasteiger partial charge in [-0.15, -0.1) is 0 Å². The molecule has 2 N–H and O–H groups in total. The van der Waals surface area contributed by atoms with E-state index in [-0.39, 0.29) is 5.92 Å². The number of carbonyl (C=O) groups excluding carboxylic acids is 1. The van der Waals surface area contributed by atoms with Crippen LogP contribution in [0.5, 0.6) is 0 Å². The molecule has 0 bridgehead atoms. The van der Waals surface area contributed by atoms with E-state index in [1.165, 1.54) is 11.3 Å². The van der Waals surface area contributed by atoms with Crippen LogP contribution in [0.2, 0.25) is 0 Å². The Labute approximate surface area is 152 Å². The SMILES string of the molecule is CC[NH+](CC)CCCOC(=O)[C@@](O)(c1ccccc1)C1CCCCC1. The minimum absolute atomic E-state index is 0.0513. The van der Waals surface area contributed by atoms with Crippen LogP contribution in [0.3, 0.4) is 0 Å². The van der Waals surface area contributed by atoms with E-state index in [2.05, 4.69) is 13.8 Å². The minimum Gasteiger partial charge on any atom is -0.463 e. The lowest BCUT2D eigenvalue weighted by Crippen LogP contribution is -3.11.